The van der Waals surface area contributed by atoms with Gasteiger partial charge >= 0.3 is 0 Å². The minimum Gasteiger partial charge on any atom is -0.396 e. The molecule has 1 aromatic rings. The zero-order chi connectivity index (χ0) is 12.8. The van der Waals surface area contributed by atoms with Crippen LogP contribution in [0.25, 0.3) is 0 Å². The molecule has 4 nitrogen and oxygen atoms in total. The van der Waals surface area contributed by atoms with Crippen LogP contribution in [0.4, 0.5) is 5.69 Å². The van der Waals surface area contributed by atoms with Gasteiger partial charge in [0.05, 0.1) is 0 Å². The number of piperidine rings is 1. The van der Waals surface area contributed by atoms with Gasteiger partial charge in [0.15, 0.2) is 0 Å². The second-order valence-corrected chi connectivity index (χ2v) is 4.68. The van der Waals surface area contributed by atoms with Crippen LogP contribution < -0.4 is 10.6 Å². The summed E-state index contributed by atoms with van der Waals surface area (Å²) in [5, 5.41) is 15.0. The standard InChI is InChI=1S/C14H20N2O2.ClH/c17-10-7-11-1-3-13(4-2-11)16-14(18)12-5-8-15-9-6-12;/h1-4,12,15,17H,5-10H2,(H,16,18);1H. The number of carbonyl (C=O) groups is 1. The molecule has 1 heterocycles. The van der Waals surface area contributed by atoms with Gasteiger partial charge < -0.3 is 15.7 Å². The van der Waals surface area contributed by atoms with Crippen LogP contribution in [-0.2, 0) is 11.2 Å². The number of rotatable bonds is 4. The smallest absolute Gasteiger partial charge is 0.227 e. The van der Waals surface area contributed by atoms with Crippen molar-refractivity contribution in [3.8, 4) is 0 Å². The Morgan fingerprint density at radius 1 is 1.26 bits per heavy atom. The number of benzene rings is 1. The molecule has 0 aliphatic carbocycles. The van der Waals surface area contributed by atoms with Crippen molar-refractivity contribution in [1.82, 2.24) is 5.32 Å². The highest BCUT2D eigenvalue weighted by Gasteiger charge is 2.20. The van der Waals surface area contributed by atoms with Gasteiger partial charge in [-0.05, 0) is 50.0 Å². The summed E-state index contributed by atoms with van der Waals surface area (Å²) in [6, 6.07) is 7.66. The molecule has 19 heavy (non-hydrogen) atoms. The molecule has 0 unspecified atom stereocenters. The molecule has 1 saturated heterocycles. The molecule has 0 aromatic heterocycles. The van der Waals surface area contributed by atoms with E-state index in [-0.39, 0.29) is 30.8 Å². The Balaban J connectivity index is 0.00000180. The highest BCUT2D eigenvalue weighted by atomic mass is 35.5. The van der Waals surface area contributed by atoms with Gasteiger partial charge in [-0.25, -0.2) is 0 Å². The Bertz CT molecular complexity index is 389. The first-order valence-electron chi connectivity index (χ1n) is 6.51. The van der Waals surface area contributed by atoms with E-state index in [0.717, 1.165) is 37.2 Å². The molecular weight excluding hydrogens is 264 g/mol. The van der Waals surface area contributed by atoms with Crippen LogP contribution >= 0.6 is 12.4 Å². The Morgan fingerprint density at radius 2 is 1.89 bits per heavy atom. The number of anilines is 1. The van der Waals surface area contributed by atoms with Crippen LogP contribution in [0.1, 0.15) is 18.4 Å². The van der Waals surface area contributed by atoms with E-state index in [1.807, 2.05) is 24.3 Å². The Kier molecular flexibility index (Phi) is 6.84. The number of hydrogen-bond acceptors (Lipinski definition) is 3. The lowest BCUT2D eigenvalue weighted by molar-refractivity contribution is -0.120. The van der Waals surface area contributed by atoms with E-state index in [1.54, 1.807) is 0 Å². The van der Waals surface area contributed by atoms with Gasteiger partial charge in [0, 0.05) is 18.2 Å². The summed E-state index contributed by atoms with van der Waals surface area (Å²) in [5.74, 6) is 0.245. The van der Waals surface area contributed by atoms with Crippen LogP contribution in [0.2, 0.25) is 0 Å². The van der Waals surface area contributed by atoms with Crippen LogP contribution in [0.5, 0.6) is 0 Å². The first-order valence-corrected chi connectivity index (χ1v) is 6.51. The number of aliphatic hydroxyl groups is 1. The van der Waals surface area contributed by atoms with E-state index in [4.69, 9.17) is 5.11 Å². The Morgan fingerprint density at radius 3 is 2.47 bits per heavy atom. The lowest BCUT2D eigenvalue weighted by atomic mass is 9.97. The van der Waals surface area contributed by atoms with Crippen molar-refractivity contribution in [2.24, 2.45) is 5.92 Å². The molecule has 3 N–H and O–H groups in total. The molecule has 1 aliphatic rings. The fourth-order valence-electron chi connectivity index (χ4n) is 2.21. The summed E-state index contributed by atoms with van der Waals surface area (Å²) in [7, 11) is 0. The molecule has 2 rings (SSSR count). The second kappa shape index (κ2) is 8.15. The van der Waals surface area contributed by atoms with E-state index >= 15 is 0 Å². The number of nitrogens with one attached hydrogen (secondary N) is 2. The predicted molar refractivity (Wildman–Crippen MR) is 78.7 cm³/mol. The third-order valence-corrected chi connectivity index (χ3v) is 3.33. The summed E-state index contributed by atoms with van der Waals surface area (Å²) in [6.45, 7) is 2.00. The Labute approximate surface area is 120 Å². The highest BCUT2D eigenvalue weighted by molar-refractivity contribution is 5.92. The molecule has 0 atom stereocenters. The van der Waals surface area contributed by atoms with Crippen LogP contribution in [0.15, 0.2) is 24.3 Å². The molecule has 1 aliphatic heterocycles. The third-order valence-electron chi connectivity index (χ3n) is 3.33. The van der Waals surface area contributed by atoms with Crippen LogP contribution in [0, 0.1) is 5.92 Å². The van der Waals surface area contributed by atoms with E-state index in [9.17, 15) is 4.79 Å². The number of aliphatic hydroxyl groups excluding tert-OH is 1. The number of carbonyl (C=O) groups excluding carboxylic acids is 1. The fourth-order valence-corrected chi connectivity index (χ4v) is 2.21. The fraction of sp³-hybridized carbons (Fsp3) is 0.500. The Hall–Kier alpha value is -1.10. The summed E-state index contributed by atoms with van der Waals surface area (Å²) >= 11 is 0. The molecule has 0 radical (unpaired) electrons. The lowest BCUT2D eigenvalue weighted by Crippen LogP contribution is -2.34. The van der Waals surface area contributed by atoms with Gasteiger partial charge in [0.25, 0.3) is 0 Å². The maximum Gasteiger partial charge on any atom is 0.227 e. The highest BCUT2D eigenvalue weighted by Crippen LogP contribution is 2.16. The molecule has 106 valence electrons. The maximum atomic E-state index is 12.0. The van der Waals surface area contributed by atoms with Gasteiger partial charge in [-0.1, -0.05) is 12.1 Å². The van der Waals surface area contributed by atoms with Crippen LogP contribution in [0.3, 0.4) is 0 Å². The SMILES string of the molecule is Cl.O=C(Nc1ccc(CCO)cc1)C1CCNCC1. The van der Waals surface area contributed by atoms with E-state index < -0.39 is 0 Å². The number of halogens is 1. The largest absolute Gasteiger partial charge is 0.396 e. The zero-order valence-electron chi connectivity index (χ0n) is 10.9. The summed E-state index contributed by atoms with van der Waals surface area (Å²) in [6.07, 6.45) is 2.48. The molecule has 1 amide bonds. The minimum absolute atomic E-state index is 0. The van der Waals surface area contributed by atoms with E-state index in [1.165, 1.54) is 0 Å². The van der Waals surface area contributed by atoms with Crippen molar-refractivity contribution in [2.45, 2.75) is 19.3 Å². The van der Waals surface area contributed by atoms with Gasteiger partial charge in [-0.15, -0.1) is 12.4 Å². The topological polar surface area (TPSA) is 61.4 Å². The van der Waals surface area contributed by atoms with Crippen molar-refractivity contribution < 1.29 is 9.90 Å². The average Bonchev–Trinajstić information content (AvgIpc) is 2.42. The lowest BCUT2D eigenvalue weighted by Gasteiger charge is -2.21. The normalized spacial score (nSPS) is 15.6. The van der Waals surface area contributed by atoms with E-state index in [0.29, 0.717) is 6.42 Å². The summed E-state index contributed by atoms with van der Waals surface area (Å²) < 4.78 is 0. The van der Waals surface area contributed by atoms with Gasteiger partial charge in [-0.2, -0.15) is 0 Å². The molecule has 1 fully saturated rings. The number of hydrogen-bond donors (Lipinski definition) is 3. The molecule has 0 spiro atoms. The first-order chi connectivity index (χ1) is 8.79. The minimum atomic E-state index is 0. The molecule has 0 saturated carbocycles. The summed E-state index contributed by atoms with van der Waals surface area (Å²) in [5.41, 5.74) is 1.91. The summed E-state index contributed by atoms with van der Waals surface area (Å²) in [4.78, 5) is 12.0. The molecule has 5 heteroatoms. The zero-order valence-corrected chi connectivity index (χ0v) is 11.7. The van der Waals surface area contributed by atoms with Gasteiger partial charge in [0.2, 0.25) is 5.91 Å². The van der Waals surface area contributed by atoms with Crippen molar-refractivity contribution in [3.63, 3.8) is 0 Å². The number of amides is 1. The molecule has 0 bridgehead atoms. The first kappa shape index (κ1) is 16.0. The molecule has 1 aromatic carbocycles. The van der Waals surface area contributed by atoms with E-state index in [2.05, 4.69) is 10.6 Å². The van der Waals surface area contributed by atoms with Gasteiger partial charge in [-0.3, -0.25) is 4.79 Å². The monoisotopic (exact) mass is 284 g/mol. The maximum absolute atomic E-state index is 12.0. The van der Waals surface area contributed by atoms with Crippen molar-refractivity contribution >= 4 is 24.0 Å². The quantitative estimate of drug-likeness (QED) is 0.787. The average molecular weight is 285 g/mol. The molecular formula is C14H21ClN2O2. The third kappa shape index (κ3) is 4.82. The second-order valence-electron chi connectivity index (χ2n) is 4.68. The van der Waals surface area contributed by atoms with Crippen molar-refractivity contribution in [2.75, 3.05) is 25.0 Å². The predicted octanol–water partition coefficient (Wildman–Crippen LogP) is 1.58. The van der Waals surface area contributed by atoms with Crippen molar-refractivity contribution in [3.05, 3.63) is 29.8 Å². The van der Waals surface area contributed by atoms with Crippen LogP contribution in [-0.4, -0.2) is 30.7 Å². The van der Waals surface area contributed by atoms with Gasteiger partial charge in [0.1, 0.15) is 0 Å². The van der Waals surface area contributed by atoms with Crippen molar-refractivity contribution in [1.29, 1.82) is 0 Å².